The molecular formula is C54H136N10O21Si10. The molecule has 9 unspecified atom stereocenters. The van der Waals surface area contributed by atoms with E-state index in [0.29, 0.717) is 83.3 Å². The van der Waals surface area contributed by atoms with Crippen LogP contribution in [0.5, 0.6) is 0 Å². The zero-order valence-electron chi connectivity index (χ0n) is 60.4. The van der Waals surface area contributed by atoms with Gasteiger partial charge in [-0.15, -0.1) is 0 Å². The monoisotopic (exact) mass is 1540 g/mol. The molecule has 0 bridgehead atoms. The number of terminal acetylenes is 1. The van der Waals surface area contributed by atoms with E-state index in [1.54, 1.807) is 0 Å². The fraction of sp³-hybridized carbons (Fsp3) is 0.963. The van der Waals surface area contributed by atoms with Crippen LogP contribution in [0.3, 0.4) is 0 Å². The summed E-state index contributed by atoms with van der Waals surface area (Å²) in [4.78, 5) is 0. The molecule has 9 atom stereocenters. The molecule has 0 saturated carbocycles. The molecule has 0 saturated heterocycles. The van der Waals surface area contributed by atoms with Crippen molar-refractivity contribution in [1.29, 1.82) is 0 Å². The Labute approximate surface area is 583 Å². The van der Waals surface area contributed by atoms with Crippen molar-refractivity contribution in [1.82, 2.24) is 0 Å². The average molecular weight is 1540 g/mol. The van der Waals surface area contributed by atoms with Crippen molar-refractivity contribution in [3.8, 4) is 12.5 Å². The highest BCUT2D eigenvalue weighted by atomic mass is 28.6. The van der Waals surface area contributed by atoms with E-state index in [0.717, 1.165) is 0 Å². The number of hydrogen-bond donors (Lipinski definition) is 10. The van der Waals surface area contributed by atoms with Crippen molar-refractivity contribution in [3.05, 3.63) is 0 Å². The van der Waals surface area contributed by atoms with Crippen molar-refractivity contribution in [2.45, 2.75) is 201 Å². The van der Waals surface area contributed by atoms with Gasteiger partial charge in [-0.2, -0.15) is 0 Å². The minimum absolute atomic E-state index is 0.0718. The Morgan fingerprint density at radius 1 is 0.200 bits per heavy atom. The first kappa shape index (κ1) is 95.3. The highest BCUT2D eigenvalue weighted by Gasteiger charge is 2.69. The normalized spacial score (nSPS) is 18.1. The molecule has 0 heterocycles. The minimum Gasteiger partial charge on any atom is -0.451 e. The minimum atomic E-state index is -4.50. The maximum atomic E-state index is 7.87. The van der Waals surface area contributed by atoms with Crippen LogP contribution in [0.1, 0.15) is 140 Å². The Morgan fingerprint density at radius 3 is 0.463 bits per heavy atom. The molecule has 0 aromatic heterocycles. The molecule has 95 heavy (non-hydrogen) atoms. The summed E-state index contributed by atoms with van der Waals surface area (Å²) >= 11 is 0. The van der Waals surface area contributed by atoms with Gasteiger partial charge in [-0.25, -0.2) is 0 Å². The van der Waals surface area contributed by atoms with Crippen LogP contribution in [-0.4, -0.2) is 226 Å². The summed E-state index contributed by atoms with van der Waals surface area (Å²) in [7, 11) is -42.4. The summed E-state index contributed by atoms with van der Waals surface area (Å²) in [6.45, 7) is 24.5. The van der Waals surface area contributed by atoms with Gasteiger partial charge >= 0.3 is 88.0 Å². The Hall–Kier alpha value is 0.329. The van der Waals surface area contributed by atoms with E-state index in [2.05, 4.69) is 6.11 Å². The molecule has 20 N–H and O–H groups in total. The van der Waals surface area contributed by atoms with Gasteiger partial charge in [-0.1, -0.05) is 6.42 Å². The summed E-state index contributed by atoms with van der Waals surface area (Å²) in [5, 5.41) is 0. The zero-order chi connectivity index (χ0) is 71.5. The van der Waals surface area contributed by atoms with E-state index in [1.807, 2.05) is 76.2 Å². The Morgan fingerprint density at radius 2 is 0.316 bits per heavy atom. The zero-order valence-corrected chi connectivity index (χ0v) is 70.4. The largest absolute Gasteiger partial charge is 0.567 e. The second-order valence-corrected chi connectivity index (χ2v) is 51.0. The predicted molar refractivity (Wildman–Crippen MR) is 390 cm³/mol. The summed E-state index contributed by atoms with van der Waals surface area (Å²) in [6, 6.07) is 1.85. The van der Waals surface area contributed by atoms with Crippen molar-refractivity contribution < 1.29 is 90.1 Å². The van der Waals surface area contributed by atoms with Crippen LogP contribution in [0, 0.1) is 12.5 Å². The summed E-state index contributed by atoms with van der Waals surface area (Å²) < 4.78 is 151. The lowest BCUT2D eigenvalue weighted by Gasteiger charge is -2.48. The standard InChI is InChI=1S/C54H136N10O21Si10/c1-13-65-86(66-14-2,45-25-35-55)77-88(69-17-5,47-27-37-57)79-90(71-19-7,49-29-39-59)81-92(73-21-9,51-31-41-61)83-94(75-23-11,53-33-43-63)85-95(76-24-12,54-34-44-64)84-93(74-22-10,52-32-42-62)82-91(72-20-8,50-30-40-60)80-89(70-18-6,48-28-38-58)78-87(67-15-3,68-16-4)46-26-36-56/h1H,14-64H2,2-12H3. The highest BCUT2D eigenvalue weighted by Crippen LogP contribution is 2.42. The molecular weight excluding hydrogens is 1410 g/mol. The van der Waals surface area contributed by atoms with Crippen LogP contribution in [0.15, 0.2) is 0 Å². The van der Waals surface area contributed by atoms with Crippen molar-refractivity contribution in [2.75, 3.05) is 138 Å². The topological polar surface area (TPSA) is 454 Å². The fourth-order valence-electron chi connectivity index (χ4n) is 10.4. The number of nitrogens with two attached hydrogens (primary N) is 10. The van der Waals surface area contributed by atoms with Gasteiger partial charge in [0.25, 0.3) is 0 Å². The van der Waals surface area contributed by atoms with Gasteiger partial charge in [-0.3, -0.25) is 0 Å². The number of hydrogen-bond acceptors (Lipinski definition) is 31. The molecule has 0 aliphatic carbocycles. The second kappa shape index (κ2) is 54.0. The number of rotatable bonds is 71. The molecule has 0 rings (SSSR count). The van der Waals surface area contributed by atoms with Gasteiger partial charge < -0.3 is 147 Å². The van der Waals surface area contributed by atoms with Crippen molar-refractivity contribution >= 4 is 88.0 Å². The third kappa shape index (κ3) is 34.7. The maximum absolute atomic E-state index is 7.87. The lowest BCUT2D eigenvalue weighted by atomic mass is 10.5. The fourth-order valence-corrected chi connectivity index (χ4v) is 57.0. The van der Waals surface area contributed by atoms with Gasteiger partial charge in [0.1, 0.15) is 0 Å². The first-order valence-corrected chi connectivity index (χ1v) is 54.5. The van der Waals surface area contributed by atoms with Gasteiger partial charge in [0.2, 0.25) is 0 Å². The van der Waals surface area contributed by atoms with Crippen LogP contribution in [0.2, 0.25) is 60.4 Å². The Balaban J connectivity index is 9.66. The Kier molecular flexibility index (Phi) is 54.2. The first-order chi connectivity index (χ1) is 45.7. The molecule has 0 aliphatic rings. The van der Waals surface area contributed by atoms with Crippen LogP contribution in [0.25, 0.3) is 0 Å². The van der Waals surface area contributed by atoms with E-state index in [-0.39, 0.29) is 179 Å². The lowest BCUT2D eigenvalue weighted by molar-refractivity contribution is 0.0272. The molecule has 0 fully saturated rings. The van der Waals surface area contributed by atoms with Crippen LogP contribution in [0.4, 0.5) is 0 Å². The van der Waals surface area contributed by atoms with Crippen molar-refractivity contribution in [2.24, 2.45) is 57.3 Å². The van der Waals surface area contributed by atoms with Crippen molar-refractivity contribution in [3.63, 3.8) is 0 Å². The second-order valence-electron chi connectivity index (χ2n) is 21.7. The van der Waals surface area contributed by atoms with Crippen LogP contribution < -0.4 is 57.3 Å². The molecule has 568 valence electrons. The molecule has 0 radical (unpaired) electrons. The molecule has 0 spiro atoms. The van der Waals surface area contributed by atoms with Gasteiger partial charge in [0, 0.05) is 133 Å². The van der Waals surface area contributed by atoms with Gasteiger partial charge in [0.05, 0.1) is 6.11 Å². The van der Waals surface area contributed by atoms with Crippen LogP contribution in [-0.2, 0) is 90.1 Å². The third-order valence-corrected chi connectivity index (χ3v) is 54.4. The summed E-state index contributed by atoms with van der Waals surface area (Å²) in [5.74, 6) is 0. The van der Waals surface area contributed by atoms with E-state index in [9.17, 15) is 0 Å². The smallest absolute Gasteiger partial charge is 0.451 e. The van der Waals surface area contributed by atoms with E-state index in [1.165, 1.54) is 0 Å². The SMILES string of the molecule is C#CO[Si](CCCN)(OCC)O[Si](CCCN)(OCC)O[Si](CCCN)(OCC)O[Si](CCCN)(OCC)O[Si](CCCN)(OCC)O[Si](CCCN)(OCC)O[Si](CCCN)(OCC)O[Si](CCCN)(OCC)O[Si](CCCN)(OCC)O[Si](CCCN)(OCC)OCC. The van der Waals surface area contributed by atoms with Gasteiger partial charge in [-0.05, 0) is 206 Å². The summed E-state index contributed by atoms with van der Waals surface area (Å²) in [6.07, 6.45) is 12.2. The molecule has 0 aromatic carbocycles. The predicted octanol–water partition coefficient (Wildman–Crippen LogP) is 4.02. The molecule has 31 nitrogen and oxygen atoms in total. The van der Waals surface area contributed by atoms with E-state index >= 15 is 0 Å². The van der Waals surface area contributed by atoms with Crippen LogP contribution >= 0.6 is 0 Å². The molecule has 0 aliphatic heterocycles. The molecule has 0 aromatic rings. The van der Waals surface area contributed by atoms with E-state index < -0.39 is 88.0 Å². The lowest BCUT2D eigenvalue weighted by Crippen LogP contribution is -2.72. The average Bonchev–Trinajstić information content (AvgIpc) is 0.765. The molecule has 0 amide bonds. The van der Waals surface area contributed by atoms with E-state index in [4.69, 9.17) is 154 Å². The van der Waals surface area contributed by atoms with Gasteiger partial charge in [0.15, 0.2) is 0 Å². The maximum Gasteiger partial charge on any atom is 0.567 e. The highest BCUT2D eigenvalue weighted by molar-refractivity contribution is 6.89. The third-order valence-electron chi connectivity index (χ3n) is 13.9. The molecule has 41 heteroatoms. The quantitative estimate of drug-likeness (QED) is 0.0303. The Bertz CT molecular complexity index is 1930. The summed E-state index contributed by atoms with van der Waals surface area (Å²) in [5.41, 5.74) is 63.8. The first-order valence-electron chi connectivity index (χ1n) is 35.2.